The molecule has 1 fully saturated rings. The van der Waals surface area contributed by atoms with Gasteiger partial charge in [0.05, 0.1) is 19.6 Å². The highest BCUT2D eigenvalue weighted by Crippen LogP contribution is 1.96. The molecule has 1 aliphatic heterocycles. The van der Waals surface area contributed by atoms with Gasteiger partial charge in [-0.2, -0.15) is 0 Å². The molecule has 1 N–H and O–H groups in total. The molecule has 0 atom stereocenters. The second-order valence-electron chi connectivity index (χ2n) is 2.98. The molecule has 0 unspecified atom stereocenters. The summed E-state index contributed by atoms with van der Waals surface area (Å²) in [5, 5.41) is 8.52. The fraction of sp³-hybridized carbons (Fsp3) is 0.625. The third-order valence-corrected chi connectivity index (χ3v) is 1.67. The molecule has 1 rings (SSSR count). The second kappa shape index (κ2) is 5.30. The molecule has 84 valence electrons. The van der Waals surface area contributed by atoms with Crippen molar-refractivity contribution in [3.8, 4) is 0 Å². The first-order valence-corrected chi connectivity index (χ1v) is 4.33. The van der Waals surface area contributed by atoms with Crippen LogP contribution < -0.4 is 0 Å². The first-order chi connectivity index (χ1) is 7.08. The minimum Gasteiger partial charge on any atom is -0.480 e. The molecule has 1 saturated heterocycles. The van der Waals surface area contributed by atoms with Crippen LogP contribution >= 0.6 is 0 Å². The molecular formula is C8H11NO6. The number of carbonyl (C=O) groups excluding carboxylic acids is 2. The third kappa shape index (κ3) is 4.41. The Kier molecular flexibility index (Phi) is 4.04. The van der Waals surface area contributed by atoms with Crippen LogP contribution in [0.15, 0.2) is 0 Å². The van der Waals surface area contributed by atoms with Gasteiger partial charge in [0.25, 0.3) is 0 Å². The SMILES string of the molecule is O=C(O)CN1CC(=O)OCCOC(=O)C1. The highest BCUT2D eigenvalue weighted by atomic mass is 16.6. The van der Waals surface area contributed by atoms with E-state index < -0.39 is 24.5 Å². The molecule has 1 aliphatic rings. The van der Waals surface area contributed by atoms with E-state index in [1.807, 2.05) is 0 Å². The van der Waals surface area contributed by atoms with Crippen LogP contribution in [-0.2, 0) is 23.9 Å². The van der Waals surface area contributed by atoms with Gasteiger partial charge in [-0.3, -0.25) is 19.3 Å². The summed E-state index contributed by atoms with van der Waals surface area (Å²) in [6.07, 6.45) is 0. The number of cyclic esters (lactones) is 2. The van der Waals surface area contributed by atoms with Crippen molar-refractivity contribution in [1.82, 2.24) is 4.90 Å². The van der Waals surface area contributed by atoms with Crippen molar-refractivity contribution in [3.05, 3.63) is 0 Å². The fourth-order valence-corrected chi connectivity index (χ4v) is 1.13. The van der Waals surface area contributed by atoms with Crippen LogP contribution in [0.1, 0.15) is 0 Å². The molecule has 15 heavy (non-hydrogen) atoms. The van der Waals surface area contributed by atoms with Crippen LogP contribution in [0.4, 0.5) is 0 Å². The van der Waals surface area contributed by atoms with E-state index in [-0.39, 0.29) is 26.3 Å². The van der Waals surface area contributed by atoms with Crippen LogP contribution in [0.2, 0.25) is 0 Å². The monoisotopic (exact) mass is 217 g/mol. The first kappa shape index (κ1) is 11.4. The quantitative estimate of drug-likeness (QED) is 0.561. The van der Waals surface area contributed by atoms with E-state index >= 15 is 0 Å². The molecule has 0 aromatic carbocycles. The number of hydrogen-bond donors (Lipinski definition) is 1. The predicted molar refractivity (Wildman–Crippen MR) is 46.0 cm³/mol. The minimum atomic E-state index is -1.12. The van der Waals surface area contributed by atoms with Crippen molar-refractivity contribution < 1.29 is 29.0 Å². The second-order valence-corrected chi connectivity index (χ2v) is 2.98. The van der Waals surface area contributed by atoms with Gasteiger partial charge in [0.1, 0.15) is 13.2 Å². The van der Waals surface area contributed by atoms with Crippen molar-refractivity contribution in [3.63, 3.8) is 0 Å². The Morgan fingerprint density at radius 2 is 1.67 bits per heavy atom. The van der Waals surface area contributed by atoms with Crippen LogP contribution in [0.3, 0.4) is 0 Å². The first-order valence-electron chi connectivity index (χ1n) is 4.33. The summed E-state index contributed by atoms with van der Waals surface area (Å²) in [5.74, 6) is -2.24. The molecule has 0 spiro atoms. The van der Waals surface area contributed by atoms with Crippen LogP contribution in [-0.4, -0.2) is 60.8 Å². The van der Waals surface area contributed by atoms with Gasteiger partial charge in [0, 0.05) is 0 Å². The Morgan fingerprint density at radius 3 is 2.07 bits per heavy atom. The number of aliphatic carboxylic acids is 1. The van der Waals surface area contributed by atoms with E-state index in [0.717, 1.165) is 4.90 Å². The van der Waals surface area contributed by atoms with E-state index in [4.69, 9.17) is 5.11 Å². The Balaban J connectivity index is 2.59. The topological polar surface area (TPSA) is 93.1 Å². The summed E-state index contributed by atoms with van der Waals surface area (Å²) >= 11 is 0. The number of ether oxygens (including phenoxy) is 2. The van der Waals surface area contributed by atoms with E-state index in [2.05, 4.69) is 9.47 Å². The normalized spacial score (nSPS) is 19.5. The van der Waals surface area contributed by atoms with Crippen molar-refractivity contribution in [1.29, 1.82) is 0 Å². The van der Waals surface area contributed by atoms with Crippen molar-refractivity contribution in [2.45, 2.75) is 0 Å². The number of rotatable bonds is 2. The lowest BCUT2D eigenvalue weighted by atomic mass is 10.4. The van der Waals surface area contributed by atoms with Crippen LogP contribution in [0, 0.1) is 0 Å². The molecule has 0 saturated carbocycles. The lowest BCUT2D eigenvalue weighted by Gasteiger charge is -2.15. The molecule has 0 radical (unpaired) electrons. The zero-order valence-electron chi connectivity index (χ0n) is 7.97. The molecule has 1 heterocycles. The van der Waals surface area contributed by atoms with Crippen LogP contribution in [0.5, 0.6) is 0 Å². The summed E-state index contributed by atoms with van der Waals surface area (Å²) in [6, 6.07) is 0. The molecule has 0 aromatic rings. The standard InChI is InChI=1S/C8H11NO6/c10-6(11)3-9-4-7(12)14-1-2-15-8(13)5-9/h1-5H2,(H,10,11). The third-order valence-electron chi connectivity index (χ3n) is 1.67. The lowest BCUT2D eigenvalue weighted by Crippen LogP contribution is -2.38. The maximum Gasteiger partial charge on any atom is 0.320 e. The zero-order valence-corrected chi connectivity index (χ0v) is 7.97. The number of carboxylic acids is 1. The smallest absolute Gasteiger partial charge is 0.320 e. The fourth-order valence-electron chi connectivity index (χ4n) is 1.13. The Labute approximate surface area is 85.6 Å². The molecule has 0 aliphatic carbocycles. The van der Waals surface area contributed by atoms with E-state index in [1.54, 1.807) is 0 Å². The zero-order chi connectivity index (χ0) is 11.3. The molecule has 7 nitrogen and oxygen atoms in total. The molecular weight excluding hydrogens is 206 g/mol. The van der Waals surface area contributed by atoms with Gasteiger partial charge in [-0.25, -0.2) is 0 Å². The number of nitrogens with zero attached hydrogens (tertiary/aromatic N) is 1. The maximum atomic E-state index is 11.1. The molecule has 0 amide bonds. The van der Waals surface area contributed by atoms with Crippen molar-refractivity contribution in [2.24, 2.45) is 0 Å². The highest BCUT2D eigenvalue weighted by Gasteiger charge is 2.20. The summed E-state index contributed by atoms with van der Waals surface area (Å²) in [6.45, 7) is -0.829. The Morgan fingerprint density at radius 1 is 1.20 bits per heavy atom. The minimum absolute atomic E-state index is 0.00544. The average Bonchev–Trinajstić information content (AvgIpc) is 2.16. The van der Waals surface area contributed by atoms with Crippen LogP contribution in [0.25, 0.3) is 0 Å². The predicted octanol–water partition coefficient (Wildman–Crippen LogP) is -1.53. The van der Waals surface area contributed by atoms with Gasteiger partial charge in [-0.15, -0.1) is 0 Å². The van der Waals surface area contributed by atoms with Gasteiger partial charge in [0.15, 0.2) is 0 Å². The van der Waals surface area contributed by atoms with Crippen molar-refractivity contribution >= 4 is 17.9 Å². The van der Waals surface area contributed by atoms with Gasteiger partial charge in [-0.1, -0.05) is 0 Å². The van der Waals surface area contributed by atoms with Crippen molar-refractivity contribution in [2.75, 3.05) is 32.8 Å². The average molecular weight is 217 g/mol. The number of hydrogen-bond acceptors (Lipinski definition) is 6. The van der Waals surface area contributed by atoms with E-state index in [1.165, 1.54) is 0 Å². The van der Waals surface area contributed by atoms with Gasteiger partial charge in [0.2, 0.25) is 0 Å². The number of esters is 2. The largest absolute Gasteiger partial charge is 0.480 e. The molecule has 7 heteroatoms. The van der Waals surface area contributed by atoms with Gasteiger partial charge < -0.3 is 14.6 Å². The highest BCUT2D eigenvalue weighted by molar-refractivity contribution is 5.77. The maximum absolute atomic E-state index is 11.1. The van der Waals surface area contributed by atoms with Gasteiger partial charge >= 0.3 is 17.9 Å². The Hall–Kier alpha value is -1.63. The summed E-state index contributed by atoms with van der Waals surface area (Å²) in [7, 11) is 0. The van der Waals surface area contributed by atoms with E-state index in [9.17, 15) is 14.4 Å². The van der Waals surface area contributed by atoms with E-state index in [0.29, 0.717) is 0 Å². The number of carbonyl (C=O) groups is 3. The summed E-state index contributed by atoms with van der Waals surface area (Å²) < 4.78 is 9.34. The molecule has 0 aromatic heterocycles. The lowest BCUT2D eigenvalue weighted by molar-refractivity contribution is -0.148. The Bertz CT molecular complexity index is 256. The summed E-state index contributed by atoms with van der Waals surface area (Å²) in [4.78, 5) is 33.7. The van der Waals surface area contributed by atoms with Gasteiger partial charge in [-0.05, 0) is 0 Å². The molecule has 0 bridgehead atoms. The number of carboxylic acid groups (broad SMARTS) is 1. The summed E-state index contributed by atoms with van der Waals surface area (Å²) in [5.41, 5.74) is 0.